The zero-order valence-electron chi connectivity index (χ0n) is 27.2. The summed E-state index contributed by atoms with van der Waals surface area (Å²) in [6.07, 6.45) is 5.86. The average Bonchev–Trinajstić information content (AvgIpc) is 3.64. The maximum atomic E-state index is 15.6. The van der Waals surface area contributed by atoms with Gasteiger partial charge in [0.15, 0.2) is 21.4 Å². The second-order valence-electron chi connectivity index (χ2n) is 13.5. The van der Waals surface area contributed by atoms with E-state index in [4.69, 9.17) is 9.84 Å². The third-order valence-electron chi connectivity index (χ3n) is 9.08. The molecule has 0 radical (unpaired) electrons. The molecule has 0 amide bonds. The van der Waals surface area contributed by atoms with Crippen LogP contribution in [0.2, 0.25) is 0 Å². The van der Waals surface area contributed by atoms with Crippen LogP contribution >= 0.6 is 0 Å². The van der Waals surface area contributed by atoms with Crippen LogP contribution in [0.5, 0.6) is 11.5 Å². The van der Waals surface area contributed by atoms with Crippen LogP contribution in [-0.4, -0.2) is 45.8 Å². The van der Waals surface area contributed by atoms with Gasteiger partial charge in [-0.25, -0.2) is 17.2 Å². The first kappa shape index (κ1) is 33.4. The minimum atomic E-state index is -3.56. The third-order valence-corrected chi connectivity index (χ3v) is 11.1. The highest BCUT2D eigenvalue weighted by Crippen LogP contribution is 2.38. The molecular formula is C37H39F2N3O5S. The standard InChI is InChI=1S/C37H39F2N3O5S/c1-23-21-42-33(25-7-4-6-24(18-25)9-12-34(43)44)8-5-15-37(2,3)22-48(45,46)17-14-28-27-13-16-40-32(27)20-31(39)36(28)47-26-10-11-30(38)29(19-26)35(23)41-42/h4,6-7,10-11,13,16,18-21,33,40H,5,8-9,12,14-15,17,22H2,1-3H3,(H,43,44). The van der Waals surface area contributed by atoms with Gasteiger partial charge in [0.25, 0.3) is 0 Å². The van der Waals surface area contributed by atoms with Crippen molar-refractivity contribution in [1.82, 2.24) is 14.8 Å². The summed E-state index contributed by atoms with van der Waals surface area (Å²) >= 11 is 0. The van der Waals surface area contributed by atoms with Gasteiger partial charge in [-0.15, -0.1) is 0 Å². The number of fused-ring (bicyclic) bond motifs is 8. The van der Waals surface area contributed by atoms with E-state index in [0.717, 1.165) is 16.7 Å². The van der Waals surface area contributed by atoms with Gasteiger partial charge in [-0.2, -0.15) is 5.10 Å². The quantitative estimate of drug-likeness (QED) is 0.199. The molecule has 2 aromatic heterocycles. The fourth-order valence-corrected chi connectivity index (χ4v) is 8.78. The lowest BCUT2D eigenvalue weighted by atomic mass is 9.87. The minimum Gasteiger partial charge on any atom is -0.481 e. The molecule has 0 fully saturated rings. The summed E-state index contributed by atoms with van der Waals surface area (Å²) in [4.78, 5) is 14.2. The molecule has 3 aromatic carbocycles. The number of aliphatic carboxylic acids is 1. The van der Waals surface area contributed by atoms with Crippen LogP contribution in [0.25, 0.3) is 22.2 Å². The Labute approximate surface area is 278 Å². The number of rotatable bonds is 4. The largest absolute Gasteiger partial charge is 0.481 e. The minimum absolute atomic E-state index is 0.00391. The van der Waals surface area contributed by atoms with Crippen molar-refractivity contribution in [3.63, 3.8) is 0 Å². The van der Waals surface area contributed by atoms with E-state index < -0.39 is 32.9 Å². The summed E-state index contributed by atoms with van der Waals surface area (Å²) in [7, 11) is -3.56. The molecular weight excluding hydrogens is 636 g/mol. The van der Waals surface area contributed by atoms with E-state index >= 15 is 8.78 Å². The summed E-state index contributed by atoms with van der Waals surface area (Å²) < 4.78 is 66.1. The van der Waals surface area contributed by atoms with Crippen molar-refractivity contribution in [2.75, 3.05) is 11.5 Å². The molecule has 1 atom stereocenters. The van der Waals surface area contributed by atoms with Gasteiger partial charge in [-0.1, -0.05) is 44.5 Å². The van der Waals surface area contributed by atoms with Crippen molar-refractivity contribution in [3.8, 4) is 22.8 Å². The highest BCUT2D eigenvalue weighted by atomic mass is 32.2. The Morgan fingerprint density at radius 1 is 1.12 bits per heavy atom. The van der Waals surface area contributed by atoms with Crippen LogP contribution < -0.4 is 4.74 Å². The zero-order valence-corrected chi connectivity index (χ0v) is 28.0. The number of aromatic nitrogens is 3. The number of ether oxygens (including phenoxy) is 1. The Morgan fingerprint density at radius 2 is 1.94 bits per heavy atom. The van der Waals surface area contributed by atoms with Crippen LogP contribution in [0.15, 0.2) is 67.0 Å². The summed E-state index contributed by atoms with van der Waals surface area (Å²) in [5.41, 5.74) is 3.53. The second-order valence-corrected chi connectivity index (χ2v) is 15.7. The molecule has 1 aliphatic rings. The molecule has 0 saturated heterocycles. The van der Waals surface area contributed by atoms with Crippen molar-refractivity contribution in [3.05, 3.63) is 101 Å². The lowest BCUT2D eigenvalue weighted by Gasteiger charge is -2.26. The lowest BCUT2D eigenvalue weighted by molar-refractivity contribution is -0.136. The summed E-state index contributed by atoms with van der Waals surface area (Å²) in [5.74, 6) is -2.20. The van der Waals surface area contributed by atoms with Gasteiger partial charge in [0.05, 0.1) is 23.2 Å². The van der Waals surface area contributed by atoms with E-state index in [1.807, 2.05) is 51.2 Å². The monoisotopic (exact) mass is 675 g/mol. The number of carboxylic acid groups (broad SMARTS) is 1. The van der Waals surface area contributed by atoms with Crippen LogP contribution in [0.3, 0.4) is 0 Å². The van der Waals surface area contributed by atoms with Crippen LogP contribution in [0, 0.1) is 24.0 Å². The predicted molar refractivity (Wildman–Crippen MR) is 181 cm³/mol. The van der Waals surface area contributed by atoms with E-state index in [9.17, 15) is 18.3 Å². The van der Waals surface area contributed by atoms with Crippen molar-refractivity contribution in [1.29, 1.82) is 0 Å². The molecule has 1 unspecified atom stereocenters. The van der Waals surface area contributed by atoms with Gasteiger partial charge in [-0.3, -0.25) is 9.48 Å². The Hall–Kier alpha value is -4.51. The molecule has 1 aliphatic heterocycles. The molecule has 48 heavy (non-hydrogen) atoms. The summed E-state index contributed by atoms with van der Waals surface area (Å²) in [5, 5.41) is 14.8. The molecule has 0 saturated carbocycles. The first-order chi connectivity index (χ1) is 22.8. The maximum Gasteiger partial charge on any atom is 0.303 e. The number of H-pyrrole nitrogens is 1. The first-order valence-electron chi connectivity index (χ1n) is 16.1. The molecule has 4 bridgehead atoms. The van der Waals surface area contributed by atoms with Crippen molar-refractivity contribution in [2.45, 2.75) is 65.3 Å². The molecule has 3 heterocycles. The van der Waals surface area contributed by atoms with Gasteiger partial charge in [-0.05, 0) is 79.0 Å². The lowest BCUT2D eigenvalue weighted by Crippen LogP contribution is -2.27. The number of aromatic amines is 1. The topological polar surface area (TPSA) is 114 Å². The average molecular weight is 676 g/mol. The Balaban J connectivity index is 1.47. The number of halogens is 2. The number of hydrogen-bond acceptors (Lipinski definition) is 5. The van der Waals surface area contributed by atoms with Gasteiger partial charge in [0, 0.05) is 46.9 Å². The Morgan fingerprint density at radius 3 is 2.73 bits per heavy atom. The zero-order chi connectivity index (χ0) is 34.2. The molecule has 8 nitrogen and oxygen atoms in total. The van der Waals surface area contributed by atoms with Crippen LogP contribution in [0.1, 0.15) is 67.8 Å². The van der Waals surface area contributed by atoms with E-state index in [1.165, 1.54) is 24.3 Å². The molecule has 0 spiro atoms. The number of nitrogens with one attached hydrogen (secondary N) is 1. The molecule has 0 aliphatic carbocycles. The highest BCUT2D eigenvalue weighted by Gasteiger charge is 2.29. The van der Waals surface area contributed by atoms with Gasteiger partial charge in [0.1, 0.15) is 11.6 Å². The van der Waals surface area contributed by atoms with E-state index in [2.05, 4.69) is 4.98 Å². The van der Waals surface area contributed by atoms with Crippen molar-refractivity contribution < 1.29 is 31.8 Å². The fourth-order valence-electron chi connectivity index (χ4n) is 6.79. The van der Waals surface area contributed by atoms with Crippen molar-refractivity contribution >= 4 is 26.7 Å². The highest BCUT2D eigenvalue weighted by molar-refractivity contribution is 7.91. The van der Waals surface area contributed by atoms with Crippen LogP contribution in [0.4, 0.5) is 8.78 Å². The molecule has 5 aromatic rings. The van der Waals surface area contributed by atoms with Gasteiger partial charge in [0.2, 0.25) is 0 Å². The van der Waals surface area contributed by atoms with E-state index in [-0.39, 0.29) is 47.5 Å². The number of nitrogens with zero attached hydrogens (tertiary/aromatic N) is 2. The number of carbonyl (C=O) groups is 1. The van der Waals surface area contributed by atoms with Gasteiger partial charge >= 0.3 is 5.97 Å². The second kappa shape index (κ2) is 13.2. The first-order valence-corrected chi connectivity index (χ1v) is 17.9. The number of sulfone groups is 1. The van der Waals surface area contributed by atoms with Gasteiger partial charge < -0.3 is 14.8 Å². The number of carboxylic acids is 1. The number of aryl methyl sites for hydroxylation is 3. The molecule has 2 N–H and O–H groups in total. The predicted octanol–water partition coefficient (Wildman–Crippen LogP) is 8.18. The molecule has 6 rings (SSSR count). The molecule has 252 valence electrons. The fraction of sp³-hybridized carbons (Fsp3) is 0.351. The summed E-state index contributed by atoms with van der Waals surface area (Å²) in [6.45, 7) is 5.73. The smallest absolute Gasteiger partial charge is 0.303 e. The Kier molecular flexibility index (Phi) is 9.17. The number of hydrogen-bond donors (Lipinski definition) is 2. The van der Waals surface area contributed by atoms with E-state index in [0.29, 0.717) is 47.8 Å². The third kappa shape index (κ3) is 7.31. The SMILES string of the molecule is Cc1cn2nc1-c1cc(ccc1F)Oc1c(F)cc3[nH]ccc3c1CCS(=O)(=O)CC(C)(C)CCCC2c1cccc(CCC(=O)O)c1. The van der Waals surface area contributed by atoms with Crippen molar-refractivity contribution in [2.24, 2.45) is 5.41 Å². The Bertz CT molecular complexity index is 2100. The normalized spacial score (nSPS) is 18.0. The maximum absolute atomic E-state index is 15.6. The summed E-state index contributed by atoms with van der Waals surface area (Å²) in [6, 6.07) is 14.7. The van der Waals surface area contributed by atoms with E-state index in [1.54, 1.807) is 16.9 Å². The van der Waals surface area contributed by atoms with Crippen LogP contribution in [-0.2, 0) is 27.5 Å². The molecule has 11 heteroatoms. The number of benzene rings is 3.